The minimum Gasteiger partial charge on any atom is -0.250 e. The second kappa shape index (κ2) is 5.01. The third kappa shape index (κ3) is 2.92. The molecule has 1 aliphatic rings. The molecule has 0 saturated heterocycles. The van der Waals surface area contributed by atoms with E-state index in [2.05, 4.69) is 31.8 Å². The Labute approximate surface area is 114 Å². The van der Waals surface area contributed by atoms with Crippen LogP contribution in [0.25, 0.3) is 0 Å². The third-order valence-electron chi connectivity index (χ3n) is 4.38. The van der Waals surface area contributed by atoms with E-state index in [0.29, 0.717) is 5.41 Å². The van der Waals surface area contributed by atoms with Gasteiger partial charge in [0.2, 0.25) is 0 Å². The van der Waals surface area contributed by atoms with E-state index in [1.165, 1.54) is 12.8 Å². The molecule has 2 nitrogen and oxygen atoms in total. The molecule has 0 spiro atoms. The van der Waals surface area contributed by atoms with E-state index in [1.807, 2.05) is 11.6 Å². The summed E-state index contributed by atoms with van der Waals surface area (Å²) in [5.41, 5.74) is 0.225. The fourth-order valence-corrected chi connectivity index (χ4v) is 3.75. The number of aromatic nitrogens is 1. The van der Waals surface area contributed by atoms with Crippen LogP contribution in [0.15, 0.2) is 11.6 Å². The Bertz CT molecular complexity index is 414. The van der Waals surface area contributed by atoms with Crippen molar-refractivity contribution >= 4 is 11.3 Å². The van der Waals surface area contributed by atoms with Gasteiger partial charge >= 0.3 is 0 Å². The minimum absolute atomic E-state index is 0.153. The normalized spacial score (nSPS) is 28.9. The summed E-state index contributed by atoms with van der Waals surface area (Å²) in [5, 5.41) is 12.7. The highest BCUT2D eigenvalue weighted by atomic mass is 32.1. The maximum atomic E-state index is 9.56. The van der Waals surface area contributed by atoms with Crippen LogP contribution in [0.3, 0.4) is 0 Å². The van der Waals surface area contributed by atoms with Gasteiger partial charge in [-0.2, -0.15) is 5.26 Å². The number of nitrogens with zero attached hydrogens (tertiary/aromatic N) is 2. The predicted molar refractivity (Wildman–Crippen MR) is 75.3 cm³/mol. The van der Waals surface area contributed by atoms with Gasteiger partial charge in [-0.25, -0.2) is 4.98 Å². The molecule has 1 aliphatic carbocycles. The Morgan fingerprint density at radius 3 is 2.56 bits per heavy atom. The molecule has 0 atom stereocenters. The summed E-state index contributed by atoms with van der Waals surface area (Å²) < 4.78 is 0. The Morgan fingerprint density at radius 1 is 1.44 bits per heavy atom. The molecule has 18 heavy (non-hydrogen) atoms. The first-order chi connectivity index (χ1) is 8.45. The van der Waals surface area contributed by atoms with Crippen LogP contribution in [-0.2, 0) is 6.42 Å². The van der Waals surface area contributed by atoms with Gasteiger partial charge in [0.05, 0.1) is 16.5 Å². The Balaban J connectivity index is 2.03. The fourth-order valence-electron chi connectivity index (χ4n) is 2.99. The molecular weight excluding hydrogens is 240 g/mol. The molecule has 0 aliphatic heterocycles. The van der Waals surface area contributed by atoms with Gasteiger partial charge in [0.1, 0.15) is 0 Å². The molecule has 0 N–H and O–H groups in total. The van der Waals surface area contributed by atoms with E-state index in [0.717, 1.165) is 30.2 Å². The van der Waals surface area contributed by atoms with Gasteiger partial charge in [0.15, 0.2) is 0 Å². The lowest BCUT2D eigenvalue weighted by Crippen LogP contribution is -2.33. The number of nitriles is 1. The molecule has 3 heteroatoms. The quantitative estimate of drug-likeness (QED) is 0.790. The maximum absolute atomic E-state index is 9.56. The number of hydrogen-bond donors (Lipinski definition) is 0. The van der Waals surface area contributed by atoms with Gasteiger partial charge in [-0.1, -0.05) is 20.8 Å². The van der Waals surface area contributed by atoms with Crippen LogP contribution in [0.5, 0.6) is 0 Å². The SMILES string of the molecule is CC(C)(C)C1CCC(C#N)(Cc2nccs2)CC1. The topological polar surface area (TPSA) is 36.7 Å². The average Bonchev–Trinajstić information content (AvgIpc) is 2.81. The van der Waals surface area contributed by atoms with Gasteiger partial charge in [-0.15, -0.1) is 11.3 Å². The predicted octanol–water partition coefficient (Wildman–Crippen LogP) is 4.43. The van der Waals surface area contributed by atoms with Crippen molar-refractivity contribution in [3.05, 3.63) is 16.6 Å². The van der Waals surface area contributed by atoms with Crippen molar-refractivity contribution in [3.8, 4) is 6.07 Å². The van der Waals surface area contributed by atoms with Crippen molar-refractivity contribution in [2.45, 2.75) is 52.9 Å². The maximum Gasteiger partial charge on any atom is 0.0940 e. The first-order valence-electron chi connectivity index (χ1n) is 6.75. The van der Waals surface area contributed by atoms with Crippen molar-refractivity contribution in [3.63, 3.8) is 0 Å². The lowest BCUT2D eigenvalue weighted by molar-refractivity contribution is 0.120. The monoisotopic (exact) mass is 262 g/mol. The summed E-state index contributed by atoms with van der Waals surface area (Å²) in [6, 6.07) is 2.59. The number of hydrogen-bond acceptors (Lipinski definition) is 3. The summed E-state index contributed by atoms with van der Waals surface area (Å²) in [7, 11) is 0. The summed E-state index contributed by atoms with van der Waals surface area (Å²) in [5.74, 6) is 0.760. The van der Waals surface area contributed by atoms with Crippen LogP contribution in [0.4, 0.5) is 0 Å². The first-order valence-corrected chi connectivity index (χ1v) is 7.63. The molecule has 0 bridgehead atoms. The minimum atomic E-state index is -0.153. The van der Waals surface area contributed by atoms with Crippen LogP contribution in [0, 0.1) is 28.1 Å². The smallest absolute Gasteiger partial charge is 0.0940 e. The van der Waals surface area contributed by atoms with Crippen LogP contribution in [0.1, 0.15) is 51.5 Å². The van der Waals surface area contributed by atoms with Crippen LogP contribution in [0.2, 0.25) is 0 Å². The van der Waals surface area contributed by atoms with E-state index in [1.54, 1.807) is 11.3 Å². The van der Waals surface area contributed by atoms with E-state index in [-0.39, 0.29) is 5.41 Å². The van der Waals surface area contributed by atoms with E-state index < -0.39 is 0 Å². The second-order valence-corrected chi connectivity index (χ2v) is 7.61. The third-order valence-corrected chi connectivity index (χ3v) is 5.16. The molecule has 1 saturated carbocycles. The molecule has 0 amide bonds. The fraction of sp³-hybridized carbons (Fsp3) is 0.733. The van der Waals surface area contributed by atoms with Gasteiger partial charge in [-0.3, -0.25) is 0 Å². The van der Waals surface area contributed by atoms with Crippen molar-refractivity contribution in [2.75, 3.05) is 0 Å². The largest absolute Gasteiger partial charge is 0.250 e. The summed E-state index contributed by atoms with van der Waals surface area (Å²) in [4.78, 5) is 4.34. The highest BCUT2D eigenvalue weighted by Crippen LogP contribution is 2.46. The molecule has 2 rings (SSSR count). The van der Waals surface area contributed by atoms with Gasteiger partial charge in [-0.05, 0) is 37.0 Å². The molecule has 1 aromatic heterocycles. The van der Waals surface area contributed by atoms with E-state index >= 15 is 0 Å². The zero-order chi connectivity index (χ0) is 13.2. The van der Waals surface area contributed by atoms with Crippen LogP contribution < -0.4 is 0 Å². The molecule has 1 fully saturated rings. The van der Waals surface area contributed by atoms with Crippen molar-refractivity contribution < 1.29 is 0 Å². The number of thiazole rings is 1. The Hall–Kier alpha value is -0.880. The molecule has 0 aromatic carbocycles. The van der Waals surface area contributed by atoms with E-state index in [4.69, 9.17) is 0 Å². The standard InChI is InChI=1S/C15H22N2S/c1-14(2,3)12-4-6-15(11-16,7-5-12)10-13-17-8-9-18-13/h8-9,12H,4-7,10H2,1-3H3. The van der Waals surface area contributed by atoms with Gasteiger partial charge in [0.25, 0.3) is 0 Å². The summed E-state index contributed by atoms with van der Waals surface area (Å²) >= 11 is 1.67. The highest BCUT2D eigenvalue weighted by Gasteiger charge is 2.39. The lowest BCUT2D eigenvalue weighted by atomic mass is 9.63. The first kappa shape index (κ1) is 13.5. The molecule has 0 unspecified atom stereocenters. The molecule has 1 aromatic rings. The molecular formula is C15H22N2S. The van der Waals surface area contributed by atoms with Gasteiger partial charge < -0.3 is 0 Å². The highest BCUT2D eigenvalue weighted by molar-refractivity contribution is 7.09. The van der Waals surface area contributed by atoms with E-state index in [9.17, 15) is 5.26 Å². The van der Waals surface area contributed by atoms with Gasteiger partial charge in [0, 0.05) is 18.0 Å². The molecule has 0 radical (unpaired) electrons. The summed E-state index contributed by atoms with van der Waals surface area (Å²) in [6.45, 7) is 6.95. The molecule has 1 heterocycles. The summed E-state index contributed by atoms with van der Waals surface area (Å²) in [6.07, 6.45) is 7.12. The zero-order valence-electron chi connectivity index (χ0n) is 11.6. The second-order valence-electron chi connectivity index (χ2n) is 6.64. The van der Waals surface area contributed by atoms with Crippen molar-refractivity contribution in [2.24, 2.45) is 16.7 Å². The molecule has 98 valence electrons. The Kier molecular flexibility index (Phi) is 3.77. The zero-order valence-corrected chi connectivity index (χ0v) is 12.4. The Morgan fingerprint density at radius 2 is 2.11 bits per heavy atom. The van der Waals surface area contributed by atoms with Crippen molar-refractivity contribution in [1.29, 1.82) is 5.26 Å². The van der Waals surface area contributed by atoms with Crippen LogP contribution >= 0.6 is 11.3 Å². The lowest BCUT2D eigenvalue weighted by Gasteiger charge is -2.40. The number of rotatable bonds is 2. The van der Waals surface area contributed by atoms with Crippen LogP contribution in [-0.4, -0.2) is 4.98 Å². The average molecular weight is 262 g/mol. The van der Waals surface area contributed by atoms with Crippen molar-refractivity contribution in [1.82, 2.24) is 4.98 Å².